The minimum absolute atomic E-state index is 0.275. The summed E-state index contributed by atoms with van der Waals surface area (Å²) in [7, 11) is 0. The molecule has 26 heavy (non-hydrogen) atoms. The molecule has 0 aliphatic carbocycles. The molecule has 132 valence electrons. The summed E-state index contributed by atoms with van der Waals surface area (Å²) in [4.78, 5) is 16.5. The lowest BCUT2D eigenvalue weighted by atomic mass is 10.2. The van der Waals surface area contributed by atoms with E-state index in [2.05, 4.69) is 15.6 Å². The summed E-state index contributed by atoms with van der Waals surface area (Å²) < 4.78 is 12.9. The third-order valence-corrected chi connectivity index (χ3v) is 3.97. The first-order valence-corrected chi connectivity index (χ1v) is 8.47. The maximum Gasteiger partial charge on any atom is 0.257 e. The van der Waals surface area contributed by atoms with Crippen LogP contribution in [0.2, 0.25) is 10.0 Å². The molecule has 0 atom stereocenters. The third-order valence-electron chi connectivity index (χ3n) is 3.53. The number of nitrogens with one attached hydrogen (secondary N) is 2. The maximum atomic E-state index is 12.9. The zero-order chi connectivity index (χ0) is 18.5. The van der Waals surface area contributed by atoms with E-state index in [0.29, 0.717) is 33.7 Å². The van der Waals surface area contributed by atoms with Crippen LogP contribution in [0.3, 0.4) is 0 Å². The van der Waals surface area contributed by atoms with Crippen LogP contribution in [-0.2, 0) is 6.54 Å². The Morgan fingerprint density at radius 2 is 1.69 bits per heavy atom. The van der Waals surface area contributed by atoms with Crippen molar-refractivity contribution in [3.05, 3.63) is 87.8 Å². The standard InChI is InChI=1S/C19H14Cl2FN3O/c20-14-7-15(21)9-17(8-14)25-19(26)13-3-6-18(24-11-13)23-10-12-1-4-16(22)5-2-12/h1-9,11H,10H2,(H,23,24)(H,25,26). The first-order chi connectivity index (χ1) is 12.5. The number of carbonyl (C=O) groups is 1. The minimum atomic E-state index is -0.319. The van der Waals surface area contributed by atoms with Gasteiger partial charge in [-0.2, -0.15) is 0 Å². The van der Waals surface area contributed by atoms with Crippen LogP contribution in [0.15, 0.2) is 60.8 Å². The Labute approximate surface area is 160 Å². The second kappa shape index (κ2) is 8.17. The molecule has 1 aromatic heterocycles. The number of nitrogens with zero attached hydrogens (tertiary/aromatic N) is 1. The van der Waals surface area contributed by atoms with E-state index in [1.54, 1.807) is 42.5 Å². The van der Waals surface area contributed by atoms with Crippen LogP contribution in [-0.4, -0.2) is 10.9 Å². The van der Waals surface area contributed by atoms with Gasteiger partial charge < -0.3 is 10.6 Å². The molecule has 3 rings (SSSR count). The molecule has 0 bridgehead atoms. The first-order valence-electron chi connectivity index (χ1n) is 7.71. The van der Waals surface area contributed by atoms with Crippen LogP contribution in [0.1, 0.15) is 15.9 Å². The Kier molecular flexibility index (Phi) is 5.71. The van der Waals surface area contributed by atoms with Crippen LogP contribution in [0.25, 0.3) is 0 Å². The second-order valence-corrected chi connectivity index (χ2v) is 6.40. The number of hydrogen-bond acceptors (Lipinski definition) is 3. The number of hydrogen-bond donors (Lipinski definition) is 2. The molecule has 3 aromatic rings. The number of aromatic nitrogens is 1. The molecule has 0 aliphatic heterocycles. The van der Waals surface area contributed by atoms with E-state index in [0.717, 1.165) is 5.56 Å². The lowest BCUT2D eigenvalue weighted by Crippen LogP contribution is -2.12. The Hall–Kier alpha value is -2.63. The van der Waals surface area contributed by atoms with Crippen LogP contribution >= 0.6 is 23.2 Å². The number of halogens is 3. The molecule has 2 N–H and O–H groups in total. The summed E-state index contributed by atoms with van der Waals surface area (Å²) in [5.41, 5.74) is 1.83. The van der Waals surface area contributed by atoms with Gasteiger partial charge in [0.05, 0.1) is 5.56 Å². The van der Waals surface area contributed by atoms with Gasteiger partial charge in [0.25, 0.3) is 5.91 Å². The maximum absolute atomic E-state index is 12.9. The lowest BCUT2D eigenvalue weighted by Gasteiger charge is -2.08. The molecular formula is C19H14Cl2FN3O. The molecule has 1 amide bonds. The van der Waals surface area contributed by atoms with Gasteiger partial charge in [0.1, 0.15) is 11.6 Å². The molecule has 0 unspecified atom stereocenters. The zero-order valence-electron chi connectivity index (χ0n) is 13.5. The molecular weight excluding hydrogens is 376 g/mol. The second-order valence-electron chi connectivity index (χ2n) is 5.52. The lowest BCUT2D eigenvalue weighted by molar-refractivity contribution is 0.102. The van der Waals surface area contributed by atoms with E-state index < -0.39 is 0 Å². The summed E-state index contributed by atoms with van der Waals surface area (Å²) in [6.45, 7) is 0.500. The highest BCUT2D eigenvalue weighted by molar-refractivity contribution is 6.35. The van der Waals surface area contributed by atoms with Gasteiger partial charge in [-0.15, -0.1) is 0 Å². The average Bonchev–Trinajstić information content (AvgIpc) is 2.61. The summed E-state index contributed by atoms with van der Waals surface area (Å²) in [6, 6.07) is 14.3. The molecule has 1 heterocycles. The molecule has 4 nitrogen and oxygen atoms in total. The van der Waals surface area contributed by atoms with Gasteiger partial charge >= 0.3 is 0 Å². The number of pyridine rings is 1. The van der Waals surface area contributed by atoms with Gasteiger partial charge in [-0.3, -0.25) is 4.79 Å². The highest BCUT2D eigenvalue weighted by atomic mass is 35.5. The van der Waals surface area contributed by atoms with E-state index in [-0.39, 0.29) is 11.7 Å². The summed E-state index contributed by atoms with van der Waals surface area (Å²) >= 11 is 11.8. The van der Waals surface area contributed by atoms with Gasteiger partial charge in [-0.05, 0) is 48.0 Å². The topological polar surface area (TPSA) is 54.0 Å². The molecule has 0 saturated carbocycles. The molecule has 2 aromatic carbocycles. The molecule has 0 aliphatic rings. The largest absolute Gasteiger partial charge is 0.366 e. The normalized spacial score (nSPS) is 10.4. The third kappa shape index (κ3) is 4.94. The van der Waals surface area contributed by atoms with Crippen LogP contribution in [0, 0.1) is 5.82 Å². The number of rotatable bonds is 5. The van der Waals surface area contributed by atoms with Crippen molar-refractivity contribution in [3.63, 3.8) is 0 Å². The van der Waals surface area contributed by atoms with Gasteiger partial charge in [-0.25, -0.2) is 9.37 Å². The van der Waals surface area contributed by atoms with Crippen molar-refractivity contribution in [2.75, 3.05) is 10.6 Å². The Morgan fingerprint density at radius 3 is 2.31 bits per heavy atom. The summed E-state index contributed by atoms with van der Waals surface area (Å²) in [5.74, 6) is 0.0147. The van der Waals surface area contributed by atoms with E-state index in [4.69, 9.17) is 23.2 Å². The number of anilines is 2. The van der Waals surface area contributed by atoms with Gasteiger partial charge in [-0.1, -0.05) is 35.3 Å². The fraction of sp³-hybridized carbons (Fsp3) is 0.0526. The Morgan fingerprint density at radius 1 is 1.00 bits per heavy atom. The van der Waals surface area contributed by atoms with Gasteiger partial charge in [0.2, 0.25) is 0 Å². The predicted molar refractivity (Wildman–Crippen MR) is 102 cm³/mol. The quantitative estimate of drug-likeness (QED) is 0.614. The monoisotopic (exact) mass is 389 g/mol. The molecule has 7 heteroatoms. The molecule has 0 saturated heterocycles. The number of amides is 1. The number of carbonyl (C=O) groups excluding carboxylic acids is 1. The van der Waals surface area contributed by atoms with Crippen LogP contribution < -0.4 is 10.6 Å². The molecule has 0 fully saturated rings. The SMILES string of the molecule is O=C(Nc1cc(Cl)cc(Cl)c1)c1ccc(NCc2ccc(F)cc2)nc1. The van der Waals surface area contributed by atoms with Gasteiger partial charge in [0.15, 0.2) is 0 Å². The highest BCUT2D eigenvalue weighted by Crippen LogP contribution is 2.23. The summed E-state index contributed by atoms with van der Waals surface area (Å²) in [6.07, 6.45) is 1.47. The zero-order valence-corrected chi connectivity index (χ0v) is 15.0. The van der Waals surface area contributed by atoms with E-state index in [9.17, 15) is 9.18 Å². The van der Waals surface area contributed by atoms with Crippen molar-refractivity contribution >= 4 is 40.6 Å². The van der Waals surface area contributed by atoms with Crippen molar-refractivity contribution in [2.24, 2.45) is 0 Å². The first kappa shape index (κ1) is 18.2. The van der Waals surface area contributed by atoms with Crippen molar-refractivity contribution in [1.82, 2.24) is 4.98 Å². The smallest absolute Gasteiger partial charge is 0.257 e. The average molecular weight is 390 g/mol. The van der Waals surface area contributed by atoms with Crippen LogP contribution in [0.5, 0.6) is 0 Å². The van der Waals surface area contributed by atoms with Crippen molar-refractivity contribution in [2.45, 2.75) is 6.54 Å². The van der Waals surface area contributed by atoms with Crippen molar-refractivity contribution < 1.29 is 9.18 Å². The van der Waals surface area contributed by atoms with E-state index in [1.165, 1.54) is 18.3 Å². The van der Waals surface area contributed by atoms with Crippen molar-refractivity contribution in [3.8, 4) is 0 Å². The highest BCUT2D eigenvalue weighted by Gasteiger charge is 2.08. The molecule has 0 radical (unpaired) electrons. The van der Waals surface area contributed by atoms with E-state index in [1.807, 2.05) is 0 Å². The fourth-order valence-electron chi connectivity index (χ4n) is 2.26. The Bertz CT molecular complexity index is 895. The minimum Gasteiger partial charge on any atom is -0.366 e. The predicted octanol–water partition coefficient (Wildman–Crippen LogP) is 5.39. The Balaban J connectivity index is 1.61. The van der Waals surface area contributed by atoms with Crippen LogP contribution in [0.4, 0.5) is 15.9 Å². The summed E-state index contributed by atoms with van der Waals surface area (Å²) in [5, 5.41) is 6.70. The number of benzene rings is 2. The van der Waals surface area contributed by atoms with Gasteiger partial charge in [0, 0.05) is 28.5 Å². The fourth-order valence-corrected chi connectivity index (χ4v) is 2.78. The molecule has 0 spiro atoms. The van der Waals surface area contributed by atoms with E-state index >= 15 is 0 Å². The van der Waals surface area contributed by atoms with Crippen molar-refractivity contribution in [1.29, 1.82) is 0 Å².